The molecular formula is C20H28N6O2. The highest BCUT2D eigenvalue weighted by Crippen LogP contribution is 2.25. The van der Waals surface area contributed by atoms with Gasteiger partial charge in [-0.15, -0.1) is 0 Å². The average Bonchev–Trinajstić information content (AvgIpc) is 3.35. The van der Waals surface area contributed by atoms with Gasteiger partial charge in [-0.05, 0) is 52.4 Å². The second-order valence-corrected chi connectivity index (χ2v) is 7.68. The van der Waals surface area contributed by atoms with Gasteiger partial charge in [0.05, 0.1) is 17.4 Å². The summed E-state index contributed by atoms with van der Waals surface area (Å²) in [6.07, 6.45) is 6.26. The molecule has 0 saturated carbocycles. The summed E-state index contributed by atoms with van der Waals surface area (Å²) in [5, 5.41) is 7.66. The summed E-state index contributed by atoms with van der Waals surface area (Å²) < 4.78 is 1.80. The maximum atomic E-state index is 13.1. The molecule has 1 saturated heterocycles. The van der Waals surface area contributed by atoms with Crippen molar-refractivity contribution >= 4 is 11.9 Å². The van der Waals surface area contributed by atoms with Gasteiger partial charge >= 0.3 is 0 Å². The van der Waals surface area contributed by atoms with Gasteiger partial charge in [-0.1, -0.05) is 0 Å². The number of hydrogen-bond acceptors (Lipinski definition) is 5. The Morgan fingerprint density at radius 3 is 2.75 bits per heavy atom. The number of hydrogen-bond donors (Lipinski definition) is 2. The Morgan fingerprint density at radius 2 is 2.00 bits per heavy atom. The van der Waals surface area contributed by atoms with Gasteiger partial charge < -0.3 is 10.2 Å². The summed E-state index contributed by atoms with van der Waals surface area (Å²) >= 11 is 0. The van der Waals surface area contributed by atoms with Crippen LogP contribution in [0.5, 0.6) is 0 Å². The molecule has 2 aliphatic rings. The fourth-order valence-corrected chi connectivity index (χ4v) is 4.19. The maximum absolute atomic E-state index is 13.1. The van der Waals surface area contributed by atoms with Crippen molar-refractivity contribution in [3.05, 3.63) is 39.1 Å². The summed E-state index contributed by atoms with van der Waals surface area (Å²) in [5.41, 5.74) is 3.18. The Kier molecular flexibility index (Phi) is 5.19. The summed E-state index contributed by atoms with van der Waals surface area (Å²) in [7, 11) is 0. The number of anilines is 1. The lowest BCUT2D eigenvalue weighted by Crippen LogP contribution is -2.32. The van der Waals surface area contributed by atoms with E-state index in [1.165, 1.54) is 6.07 Å². The molecular weight excluding hydrogens is 356 g/mol. The van der Waals surface area contributed by atoms with E-state index in [0.717, 1.165) is 62.9 Å². The minimum Gasteiger partial charge on any atom is -0.343 e. The molecule has 4 rings (SSSR count). The molecule has 1 atom stereocenters. The molecule has 1 aliphatic heterocycles. The van der Waals surface area contributed by atoms with Crippen LogP contribution >= 0.6 is 0 Å². The van der Waals surface area contributed by atoms with Crippen LogP contribution in [0, 0.1) is 0 Å². The summed E-state index contributed by atoms with van der Waals surface area (Å²) in [6.45, 7) is 6.32. The Morgan fingerprint density at radius 1 is 1.25 bits per heavy atom. The highest BCUT2D eigenvalue weighted by Gasteiger charge is 2.26. The molecule has 0 bridgehead atoms. The molecule has 1 unspecified atom stereocenters. The number of nitrogens with one attached hydrogen (secondary N) is 2. The van der Waals surface area contributed by atoms with Gasteiger partial charge in [0.2, 0.25) is 5.95 Å². The van der Waals surface area contributed by atoms with Crippen molar-refractivity contribution in [2.45, 2.75) is 65.0 Å². The number of carbonyl (C=O) groups excluding carboxylic acids is 1. The van der Waals surface area contributed by atoms with Crippen molar-refractivity contribution in [2.24, 2.45) is 0 Å². The van der Waals surface area contributed by atoms with Crippen molar-refractivity contribution in [2.75, 3.05) is 18.0 Å². The highest BCUT2D eigenvalue weighted by molar-refractivity contribution is 5.94. The van der Waals surface area contributed by atoms with Crippen LogP contribution in [-0.2, 0) is 19.4 Å². The summed E-state index contributed by atoms with van der Waals surface area (Å²) in [4.78, 5) is 34.7. The van der Waals surface area contributed by atoms with Crippen LogP contribution in [-0.4, -0.2) is 38.7 Å². The SMILES string of the molecule is CCn1nc2c(c1C(=O)NC(C)c1cc(=O)[nH]c(N3CCCC3)n1)CCCC2. The van der Waals surface area contributed by atoms with E-state index in [0.29, 0.717) is 23.9 Å². The van der Waals surface area contributed by atoms with Crippen LogP contribution < -0.4 is 15.8 Å². The van der Waals surface area contributed by atoms with Gasteiger partial charge in [-0.3, -0.25) is 19.3 Å². The molecule has 2 aromatic rings. The number of carbonyl (C=O) groups is 1. The zero-order valence-electron chi connectivity index (χ0n) is 16.6. The third kappa shape index (κ3) is 3.55. The molecule has 150 valence electrons. The number of amides is 1. The Hall–Kier alpha value is -2.64. The van der Waals surface area contributed by atoms with Gasteiger partial charge in [-0.2, -0.15) is 5.10 Å². The standard InChI is InChI=1S/C20H28N6O2/c1-3-26-18(14-8-4-5-9-15(14)24-26)19(28)21-13(2)16-12-17(27)23-20(22-16)25-10-6-7-11-25/h12-13H,3-11H2,1-2H3,(H,21,28)(H,22,23,27). The van der Waals surface area contributed by atoms with Crippen LogP contribution in [0.4, 0.5) is 5.95 Å². The lowest BCUT2D eigenvalue weighted by molar-refractivity contribution is 0.0927. The normalized spacial score (nSPS) is 17.4. The van der Waals surface area contributed by atoms with Crippen LogP contribution in [0.1, 0.15) is 73.0 Å². The second-order valence-electron chi connectivity index (χ2n) is 7.68. The van der Waals surface area contributed by atoms with Crippen molar-refractivity contribution in [1.82, 2.24) is 25.1 Å². The van der Waals surface area contributed by atoms with E-state index in [2.05, 4.69) is 25.3 Å². The van der Waals surface area contributed by atoms with E-state index in [-0.39, 0.29) is 17.5 Å². The van der Waals surface area contributed by atoms with Gasteiger partial charge in [0, 0.05) is 31.3 Å². The Labute approximate surface area is 164 Å². The number of rotatable bonds is 5. The number of H-pyrrole nitrogens is 1. The third-order valence-electron chi connectivity index (χ3n) is 5.68. The molecule has 0 spiro atoms. The number of nitrogens with zero attached hydrogens (tertiary/aromatic N) is 4. The fourth-order valence-electron chi connectivity index (χ4n) is 4.19. The number of aromatic amines is 1. The summed E-state index contributed by atoms with van der Waals surface area (Å²) in [5.74, 6) is 0.451. The number of fused-ring (bicyclic) bond motifs is 1. The first-order chi connectivity index (χ1) is 13.6. The zero-order chi connectivity index (χ0) is 19.7. The van der Waals surface area contributed by atoms with E-state index >= 15 is 0 Å². The minimum absolute atomic E-state index is 0.144. The molecule has 0 aromatic carbocycles. The molecule has 0 radical (unpaired) electrons. The van der Waals surface area contributed by atoms with E-state index in [4.69, 9.17) is 0 Å². The molecule has 1 fully saturated rings. The van der Waals surface area contributed by atoms with Crippen molar-refractivity contribution < 1.29 is 4.79 Å². The quantitative estimate of drug-likeness (QED) is 0.821. The van der Waals surface area contributed by atoms with Gasteiger partial charge in [0.1, 0.15) is 5.69 Å². The minimum atomic E-state index is -0.365. The first-order valence-corrected chi connectivity index (χ1v) is 10.3. The lowest BCUT2D eigenvalue weighted by atomic mass is 9.95. The zero-order valence-corrected chi connectivity index (χ0v) is 16.6. The van der Waals surface area contributed by atoms with Crippen LogP contribution in [0.15, 0.2) is 10.9 Å². The molecule has 8 nitrogen and oxygen atoms in total. The smallest absolute Gasteiger partial charge is 0.270 e. The lowest BCUT2D eigenvalue weighted by Gasteiger charge is -2.19. The topological polar surface area (TPSA) is 95.9 Å². The van der Waals surface area contributed by atoms with Crippen LogP contribution in [0.3, 0.4) is 0 Å². The monoisotopic (exact) mass is 384 g/mol. The van der Waals surface area contributed by atoms with Gasteiger partial charge in [0.15, 0.2) is 0 Å². The van der Waals surface area contributed by atoms with Gasteiger partial charge in [-0.25, -0.2) is 4.98 Å². The molecule has 8 heteroatoms. The van der Waals surface area contributed by atoms with Crippen LogP contribution in [0.2, 0.25) is 0 Å². The fraction of sp³-hybridized carbons (Fsp3) is 0.600. The summed E-state index contributed by atoms with van der Waals surface area (Å²) in [6, 6.07) is 1.10. The number of aromatic nitrogens is 4. The molecule has 2 N–H and O–H groups in total. The number of aryl methyl sites for hydroxylation is 2. The van der Waals surface area contributed by atoms with E-state index in [1.54, 1.807) is 4.68 Å². The van der Waals surface area contributed by atoms with E-state index in [9.17, 15) is 9.59 Å². The molecule has 2 aromatic heterocycles. The Balaban J connectivity index is 1.57. The Bertz CT molecular complexity index is 925. The second kappa shape index (κ2) is 7.77. The van der Waals surface area contributed by atoms with E-state index < -0.39 is 0 Å². The first kappa shape index (κ1) is 18.7. The highest BCUT2D eigenvalue weighted by atomic mass is 16.2. The first-order valence-electron chi connectivity index (χ1n) is 10.3. The van der Waals surface area contributed by atoms with Crippen LogP contribution in [0.25, 0.3) is 0 Å². The van der Waals surface area contributed by atoms with Gasteiger partial charge in [0.25, 0.3) is 11.5 Å². The third-order valence-corrected chi connectivity index (χ3v) is 5.68. The predicted molar refractivity (Wildman–Crippen MR) is 107 cm³/mol. The average molecular weight is 384 g/mol. The molecule has 1 amide bonds. The maximum Gasteiger partial charge on any atom is 0.270 e. The van der Waals surface area contributed by atoms with E-state index in [1.807, 2.05) is 13.8 Å². The molecule has 1 aliphatic carbocycles. The van der Waals surface area contributed by atoms with Crippen molar-refractivity contribution in [1.29, 1.82) is 0 Å². The van der Waals surface area contributed by atoms with Crippen molar-refractivity contribution in [3.8, 4) is 0 Å². The molecule has 28 heavy (non-hydrogen) atoms. The largest absolute Gasteiger partial charge is 0.343 e. The predicted octanol–water partition coefficient (Wildman–Crippen LogP) is 1.96. The molecule has 3 heterocycles. The van der Waals surface area contributed by atoms with Crippen molar-refractivity contribution in [3.63, 3.8) is 0 Å².